The first-order valence-electron chi connectivity index (χ1n) is 13.2. The number of likely N-dealkylation sites (tertiary alicyclic amines) is 1. The lowest BCUT2D eigenvalue weighted by atomic mass is 9.73. The van der Waals surface area contributed by atoms with Gasteiger partial charge in [0.1, 0.15) is 23.2 Å². The summed E-state index contributed by atoms with van der Waals surface area (Å²) in [7, 11) is 0. The summed E-state index contributed by atoms with van der Waals surface area (Å²) in [5.41, 5.74) is -2.35. The fourth-order valence-electron chi connectivity index (χ4n) is 6.53. The van der Waals surface area contributed by atoms with Gasteiger partial charge in [-0.05, 0) is 46.0 Å². The Balaban J connectivity index is 1.89. The number of carbonyl (C=O) groups excluding carboxylic acids is 3. The van der Waals surface area contributed by atoms with Crippen molar-refractivity contribution >= 4 is 17.8 Å². The van der Waals surface area contributed by atoms with E-state index in [1.807, 2.05) is 38.2 Å². The lowest BCUT2D eigenvalue weighted by molar-refractivity contribution is -0.163. The molecule has 4 heterocycles. The number of ether oxygens (including phenoxy) is 2. The summed E-state index contributed by atoms with van der Waals surface area (Å²) in [4.78, 5) is 45.1. The highest BCUT2D eigenvalue weighted by Crippen LogP contribution is 2.58. The van der Waals surface area contributed by atoms with Gasteiger partial charge in [0.25, 0.3) is 0 Å². The molecule has 8 nitrogen and oxygen atoms in total. The lowest BCUT2D eigenvalue weighted by Crippen LogP contribution is -2.59. The number of fused-ring (bicyclic) bond motifs is 2. The van der Waals surface area contributed by atoms with E-state index in [4.69, 9.17) is 9.47 Å². The quantitative estimate of drug-likeness (QED) is 0.456. The van der Waals surface area contributed by atoms with Crippen molar-refractivity contribution in [3.8, 4) is 0 Å². The van der Waals surface area contributed by atoms with Gasteiger partial charge in [-0.1, -0.05) is 44.6 Å². The summed E-state index contributed by atoms with van der Waals surface area (Å²) in [5.74, 6) is -2.75. The van der Waals surface area contributed by atoms with Crippen LogP contribution < -0.4 is 0 Å². The second-order valence-corrected chi connectivity index (χ2v) is 10.5. The monoisotopic (exact) mass is 488 g/mol. The molecule has 1 spiro atoms. The van der Waals surface area contributed by atoms with Crippen molar-refractivity contribution < 1.29 is 29.0 Å². The highest BCUT2D eigenvalue weighted by atomic mass is 16.6. The van der Waals surface area contributed by atoms with E-state index in [2.05, 4.69) is 6.92 Å². The van der Waals surface area contributed by atoms with Crippen molar-refractivity contribution in [3.05, 3.63) is 24.3 Å². The Morgan fingerprint density at radius 3 is 2.51 bits per heavy atom. The molecule has 0 radical (unpaired) electrons. The second-order valence-electron chi connectivity index (χ2n) is 10.5. The third-order valence-corrected chi connectivity index (χ3v) is 8.33. The van der Waals surface area contributed by atoms with Crippen LogP contribution in [0.2, 0.25) is 0 Å². The van der Waals surface area contributed by atoms with Crippen molar-refractivity contribution in [2.75, 3.05) is 19.8 Å². The number of hydrogen-bond acceptors (Lipinski definition) is 6. The molecule has 8 heteroatoms. The van der Waals surface area contributed by atoms with E-state index >= 15 is 0 Å². The summed E-state index contributed by atoms with van der Waals surface area (Å²) in [5, 5.41) is 10.0. The van der Waals surface area contributed by atoms with Gasteiger partial charge in [0.15, 0.2) is 0 Å². The van der Waals surface area contributed by atoms with E-state index in [1.54, 1.807) is 11.8 Å². The average molecular weight is 489 g/mol. The number of hydrogen-bond donors (Lipinski definition) is 1. The first kappa shape index (κ1) is 25.9. The number of nitrogens with zero attached hydrogens (tertiary/aromatic N) is 2. The Hall–Kier alpha value is -2.19. The van der Waals surface area contributed by atoms with E-state index in [0.29, 0.717) is 19.6 Å². The summed E-state index contributed by atoms with van der Waals surface area (Å²) in [6.45, 7) is 8.19. The Labute approximate surface area is 208 Å². The maximum Gasteiger partial charge on any atom is 0.313 e. The summed E-state index contributed by atoms with van der Waals surface area (Å²) in [6, 6.07) is -1.57. The van der Waals surface area contributed by atoms with E-state index < -0.39 is 41.1 Å². The third-order valence-electron chi connectivity index (χ3n) is 8.33. The van der Waals surface area contributed by atoms with E-state index in [-0.39, 0.29) is 24.5 Å². The Morgan fingerprint density at radius 2 is 1.83 bits per heavy atom. The molecule has 7 atom stereocenters. The van der Waals surface area contributed by atoms with Crippen LogP contribution in [0.5, 0.6) is 0 Å². The molecule has 35 heavy (non-hydrogen) atoms. The van der Waals surface area contributed by atoms with E-state index in [0.717, 1.165) is 32.1 Å². The lowest BCUT2D eigenvalue weighted by Gasteiger charge is -2.41. The first-order chi connectivity index (χ1) is 16.8. The summed E-state index contributed by atoms with van der Waals surface area (Å²) < 4.78 is 12.6. The highest BCUT2D eigenvalue weighted by molar-refractivity contribution is 5.99. The fraction of sp³-hybridized carbons (Fsp3) is 0.741. The average Bonchev–Trinajstić information content (AvgIpc) is 3.20. The van der Waals surface area contributed by atoms with Crippen molar-refractivity contribution in [1.82, 2.24) is 9.80 Å². The molecule has 0 bridgehead atoms. The molecule has 4 aliphatic heterocycles. The normalized spacial score (nSPS) is 37.7. The fourth-order valence-corrected chi connectivity index (χ4v) is 6.53. The maximum absolute atomic E-state index is 14.2. The molecular formula is C27H40N2O6. The van der Waals surface area contributed by atoms with E-state index in [9.17, 15) is 19.5 Å². The van der Waals surface area contributed by atoms with Crippen LogP contribution in [0.1, 0.15) is 66.2 Å². The van der Waals surface area contributed by atoms with Crippen molar-refractivity contribution in [2.24, 2.45) is 11.8 Å². The number of esters is 1. The molecule has 2 amide bonds. The van der Waals surface area contributed by atoms with Gasteiger partial charge in [-0.2, -0.15) is 0 Å². The first-order valence-corrected chi connectivity index (χ1v) is 13.2. The molecule has 1 N–H and O–H groups in total. The standard InChI is InChI=1S/C27H40N2O6/c1-5-12-18(3)28-15-11-14-27-20(23(31)29(19(4)17-30)22(27)24(28)32)21-25(33)34-16-10-8-7-9-13-26(21,6-2)35-27/h9,11,13-14,18-22,30H,5-8,10,12,15-17H2,1-4H3/b13-9-/t18?,19-,20+,21+,22?,26-,27+/m1/s1. The molecule has 0 aromatic carbocycles. The molecule has 0 aliphatic carbocycles. The summed E-state index contributed by atoms with van der Waals surface area (Å²) in [6.07, 6.45) is 12.4. The number of aliphatic hydroxyl groups is 1. The van der Waals surface area contributed by atoms with Crippen LogP contribution in [0.3, 0.4) is 0 Å². The van der Waals surface area contributed by atoms with Crippen molar-refractivity contribution in [2.45, 2.75) is 95.5 Å². The van der Waals surface area contributed by atoms with Gasteiger partial charge in [0.2, 0.25) is 11.8 Å². The van der Waals surface area contributed by atoms with Gasteiger partial charge < -0.3 is 24.4 Å². The largest absolute Gasteiger partial charge is 0.465 e. The topological polar surface area (TPSA) is 96.4 Å². The number of aliphatic hydroxyl groups excluding tert-OH is 1. The van der Waals surface area contributed by atoms with Gasteiger partial charge in [-0.25, -0.2) is 0 Å². The molecule has 4 rings (SSSR count). The molecule has 194 valence electrons. The van der Waals surface area contributed by atoms with Crippen LogP contribution in [0.15, 0.2) is 24.3 Å². The second kappa shape index (κ2) is 10.1. The van der Waals surface area contributed by atoms with Gasteiger partial charge >= 0.3 is 5.97 Å². The number of allylic oxidation sites excluding steroid dienone is 1. The molecule has 4 aliphatic rings. The van der Waals surface area contributed by atoms with Crippen LogP contribution in [0.4, 0.5) is 0 Å². The minimum absolute atomic E-state index is 0.0140. The zero-order valence-electron chi connectivity index (χ0n) is 21.4. The maximum atomic E-state index is 14.2. The van der Waals surface area contributed by atoms with Crippen molar-refractivity contribution in [3.63, 3.8) is 0 Å². The molecule has 2 fully saturated rings. The Morgan fingerprint density at radius 1 is 1.06 bits per heavy atom. The van der Waals surface area contributed by atoms with Gasteiger partial charge in [-0.3, -0.25) is 14.4 Å². The van der Waals surface area contributed by atoms with Gasteiger partial charge in [0.05, 0.1) is 25.2 Å². The SMILES string of the molecule is CCCC(C)N1CC=C[C@]23O[C@]4(CC)/C=C\CCCCOC(=O)[C@@H]4[C@H]2C(=O)N([C@H](C)CO)C3C1=O. The molecular weight excluding hydrogens is 448 g/mol. The van der Waals surface area contributed by atoms with Gasteiger partial charge in [0, 0.05) is 12.6 Å². The minimum atomic E-state index is -1.31. The molecule has 2 unspecified atom stereocenters. The molecule has 2 saturated heterocycles. The minimum Gasteiger partial charge on any atom is -0.465 e. The van der Waals surface area contributed by atoms with Crippen LogP contribution >= 0.6 is 0 Å². The smallest absolute Gasteiger partial charge is 0.313 e. The van der Waals surface area contributed by atoms with Crippen molar-refractivity contribution in [1.29, 1.82) is 0 Å². The predicted octanol–water partition coefficient (Wildman–Crippen LogP) is 2.60. The highest BCUT2D eigenvalue weighted by Gasteiger charge is 2.75. The van der Waals surface area contributed by atoms with Crippen LogP contribution in [0, 0.1) is 11.8 Å². The Bertz CT molecular complexity index is 902. The number of carbonyl (C=O) groups is 3. The number of cyclic esters (lactones) is 1. The molecule has 0 aromatic rings. The van der Waals surface area contributed by atoms with E-state index in [1.165, 1.54) is 4.90 Å². The number of amides is 2. The Kier molecular flexibility index (Phi) is 7.44. The molecule has 0 saturated carbocycles. The van der Waals surface area contributed by atoms with Crippen LogP contribution in [-0.2, 0) is 23.9 Å². The molecule has 0 aromatic heterocycles. The third kappa shape index (κ3) is 4.02. The number of rotatable bonds is 6. The predicted molar refractivity (Wildman–Crippen MR) is 130 cm³/mol. The zero-order valence-corrected chi connectivity index (χ0v) is 21.4. The van der Waals surface area contributed by atoms with Crippen LogP contribution in [-0.4, -0.2) is 81.8 Å². The van der Waals surface area contributed by atoms with Gasteiger partial charge in [-0.15, -0.1) is 0 Å². The zero-order chi connectivity index (χ0) is 25.4. The summed E-state index contributed by atoms with van der Waals surface area (Å²) >= 11 is 0. The van der Waals surface area contributed by atoms with Crippen LogP contribution in [0.25, 0.3) is 0 Å².